The van der Waals surface area contributed by atoms with E-state index in [1.807, 2.05) is 0 Å². The molecule has 2 N–H and O–H groups in total. The maximum Gasteiger partial charge on any atom is 0.340 e. The first-order chi connectivity index (χ1) is 13.9. The Balaban J connectivity index is 1.75. The first kappa shape index (κ1) is 20.2. The normalized spacial score (nSPS) is 10.8. The van der Waals surface area contributed by atoms with Gasteiger partial charge >= 0.3 is 5.97 Å². The largest absolute Gasteiger partial charge is 0.465 e. The number of hydrogen-bond donors (Lipinski definition) is 2. The van der Waals surface area contributed by atoms with Gasteiger partial charge in [-0.3, -0.25) is 4.72 Å². The lowest BCUT2D eigenvalue weighted by molar-refractivity contribution is 0.0601. The standard InChI is InChI=1S/C21H20N2O5S/c1-22-20-13-12-17(14-19(20)21(24)27-2)28-16-10-8-15(9-11-16)23-29(25,26)18-6-4-3-5-7-18/h3-14,22-23H,1-2H3. The van der Waals surface area contributed by atoms with Crippen LogP contribution in [0, 0.1) is 0 Å². The molecule has 0 amide bonds. The Morgan fingerprint density at radius 2 is 1.55 bits per heavy atom. The molecule has 3 aromatic rings. The van der Waals surface area contributed by atoms with E-state index in [1.54, 1.807) is 67.7 Å². The number of carbonyl (C=O) groups excluding carboxylic acids is 1. The van der Waals surface area contributed by atoms with Gasteiger partial charge in [-0.1, -0.05) is 18.2 Å². The second-order valence-corrected chi connectivity index (χ2v) is 7.68. The van der Waals surface area contributed by atoms with Crippen molar-refractivity contribution in [2.45, 2.75) is 4.90 Å². The van der Waals surface area contributed by atoms with Crippen LogP contribution in [0.2, 0.25) is 0 Å². The number of nitrogens with one attached hydrogen (secondary N) is 2. The van der Waals surface area contributed by atoms with E-state index in [-0.39, 0.29) is 4.90 Å². The molecule has 8 heteroatoms. The molecule has 0 radical (unpaired) electrons. The van der Waals surface area contributed by atoms with Gasteiger partial charge in [0.25, 0.3) is 10.0 Å². The van der Waals surface area contributed by atoms with Crippen LogP contribution in [0.1, 0.15) is 10.4 Å². The van der Waals surface area contributed by atoms with Crippen molar-refractivity contribution in [1.82, 2.24) is 0 Å². The fourth-order valence-corrected chi connectivity index (χ4v) is 3.70. The highest BCUT2D eigenvalue weighted by Gasteiger charge is 2.14. The third-order valence-corrected chi connectivity index (χ3v) is 5.46. The van der Waals surface area contributed by atoms with E-state index in [0.717, 1.165) is 0 Å². The van der Waals surface area contributed by atoms with Crippen molar-refractivity contribution in [3.05, 3.63) is 78.4 Å². The van der Waals surface area contributed by atoms with Crippen molar-refractivity contribution in [1.29, 1.82) is 0 Å². The molecule has 0 spiro atoms. The van der Waals surface area contributed by atoms with Crippen LogP contribution in [0.3, 0.4) is 0 Å². The number of rotatable bonds is 7. The molecule has 0 aromatic heterocycles. The third-order valence-electron chi connectivity index (χ3n) is 4.06. The quantitative estimate of drug-likeness (QED) is 0.567. The van der Waals surface area contributed by atoms with E-state index < -0.39 is 16.0 Å². The van der Waals surface area contributed by atoms with Crippen LogP contribution in [0.25, 0.3) is 0 Å². The molecule has 0 saturated heterocycles. The Bertz CT molecular complexity index is 1100. The zero-order valence-corrected chi connectivity index (χ0v) is 16.7. The summed E-state index contributed by atoms with van der Waals surface area (Å²) in [4.78, 5) is 12.1. The number of anilines is 2. The molecule has 0 unspecified atom stereocenters. The molecule has 0 fully saturated rings. The molecule has 0 heterocycles. The van der Waals surface area contributed by atoms with E-state index in [9.17, 15) is 13.2 Å². The summed E-state index contributed by atoms with van der Waals surface area (Å²) in [5.74, 6) is 0.452. The molecule has 7 nitrogen and oxygen atoms in total. The van der Waals surface area contributed by atoms with Crippen molar-refractivity contribution >= 4 is 27.4 Å². The predicted octanol–water partition coefficient (Wildman–Crippen LogP) is 4.11. The lowest BCUT2D eigenvalue weighted by atomic mass is 10.1. The smallest absolute Gasteiger partial charge is 0.340 e. The molecule has 0 bridgehead atoms. The summed E-state index contributed by atoms with van der Waals surface area (Å²) in [5.41, 5.74) is 1.37. The Kier molecular flexibility index (Phi) is 6.04. The minimum absolute atomic E-state index is 0.181. The maximum atomic E-state index is 12.4. The molecular formula is C21H20N2O5S. The zero-order chi connectivity index (χ0) is 20.9. The average Bonchev–Trinajstić information content (AvgIpc) is 2.75. The van der Waals surface area contributed by atoms with Gasteiger partial charge < -0.3 is 14.8 Å². The monoisotopic (exact) mass is 412 g/mol. The molecule has 0 aliphatic heterocycles. The molecule has 29 heavy (non-hydrogen) atoms. The van der Waals surface area contributed by atoms with Gasteiger partial charge in [0.1, 0.15) is 11.5 Å². The molecule has 0 aliphatic carbocycles. The van der Waals surface area contributed by atoms with Gasteiger partial charge in [0, 0.05) is 18.4 Å². The lowest BCUT2D eigenvalue weighted by Crippen LogP contribution is -2.12. The van der Waals surface area contributed by atoms with E-state index in [0.29, 0.717) is 28.4 Å². The average molecular weight is 412 g/mol. The van der Waals surface area contributed by atoms with Crippen LogP contribution in [0.5, 0.6) is 11.5 Å². The number of carbonyl (C=O) groups is 1. The zero-order valence-electron chi connectivity index (χ0n) is 15.9. The fourth-order valence-electron chi connectivity index (χ4n) is 2.62. The SMILES string of the molecule is CNc1ccc(Oc2ccc(NS(=O)(=O)c3ccccc3)cc2)cc1C(=O)OC. The topological polar surface area (TPSA) is 93.7 Å². The van der Waals surface area contributed by atoms with Crippen LogP contribution in [-0.2, 0) is 14.8 Å². The minimum Gasteiger partial charge on any atom is -0.465 e. The number of esters is 1. The highest BCUT2D eigenvalue weighted by atomic mass is 32.2. The van der Waals surface area contributed by atoms with Crippen LogP contribution >= 0.6 is 0 Å². The summed E-state index contributed by atoms with van der Waals surface area (Å²) in [6.45, 7) is 0. The lowest BCUT2D eigenvalue weighted by Gasteiger charge is -2.12. The minimum atomic E-state index is -3.66. The fraction of sp³-hybridized carbons (Fsp3) is 0.0952. The first-order valence-electron chi connectivity index (χ1n) is 8.69. The number of benzene rings is 3. The predicted molar refractivity (Wildman–Crippen MR) is 111 cm³/mol. The maximum absolute atomic E-state index is 12.4. The highest BCUT2D eigenvalue weighted by Crippen LogP contribution is 2.28. The van der Waals surface area contributed by atoms with Crippen LogP contribution in [0.4, 0.5) is 11.4 Å². The molecule has 3 rings (SSSR count). The van der Waals surface area contributed by atoms with Gasteiger partial charge in [0.2, 0.25) is 0 Å². The van der Waals surface area contributed by atoms with Crippen molar-refractivity contribution in [2.24, 2.45) is 0 Å². The number of sulfonamides is 1. The van der Waals surface area contributed by atoms with E-state index in [2.05, 4.69) is 10.0 Å². The Morgan fingerprint density at radius 3 is 2.17 bits per heavy atom. The van der Waals surface area contributed by atoms with Gasteiger partial charge in [-0.15, -0.1) is 0 Å². The highest BCUT2D eigenvalue weighted by molar-refractivity contribution is 7.92. The van der Waals surface area contributed by atoms with Gasteiger partial charge in [0.15, 0.2) is 0 Å². The van der Waals surface area contributed by atoms with Crippen molar-refractivity contribution in [2.75, 3.05) is 24.2 Å². The van der Waals surface area contributed by atoms with Crippen molar-refractivity contribution in [3.8, 4) is 11.5 Å². The third kappa shape index (κ3) is 4.85. The Hall–Kier alpha value is -3.52. The van der Waals surface area contributed by atoms with Crippen LogP contribution < -0.4 is 14.8 Å². The van der Waals surface area contributed by atoms with E-state index in [4.69, 9.17) is 9.47 Å². The second kappa shape index (κ2) is 8.66. The summed E-state index contributed by atoms with van der Waals surface area (Å²) in [6.07, 6.45) is 0. The van der Waals surface area contributed by atoms with Crippen molar-refractivity contribution < 1.29 is 22.7 Å². The van der Waals surface area contributed by atoms with Gasteiger partial charge in [-0.25, -0.2) is 13.2 Å². The second-order valence-electron chi connectivity index (χ2n) is 5.99. The summed E-state index contributed by atoms with van der Waals surface area (Å²) in [7, 11) is -0.644. The summed E-state index contributed by atoms with van der Waals surface area (Å²) in [5, 5.41) is 2.92. The summed E-state index contributed by atoms with van der Waals surface area (Å²) in [6, 6.07) is 19.6. The molecular weight excluding hydrogens is 392 g/mol. The van der Waals surface area contributed by atoms with E-state index >= 15 is 0 Å². The van der Waals surface area contributed by atoms with Gasteiger partial charge in [0.05, 0.1) is 17.6 Å². The van der Waals surface area contributed by atoms with Gasteiger partial charge in [-0.2, -0.15) is 0 Å². The van der Waals surface area contributed by atoms with Crippen molar-refractivity contribution in [3.63, 3.8) is 0 Å². The first-order valence-corrected chi connectivity index (χ1v) is 10.2. The molecule has 3 aromatic carbocycles. The van der Waals surface area contributed by atoms with E-state index in [1.165, 1.54) is 19.2 Å². The summed E-state index contributed by atoms with van der Waals surface area (Å²) >= 11 is 0. The molecule has 0 saturated carbocycles. The van der Waals surface area contributed by atoms with Crippen LogP contribution in [-0.4, -0.2) is 28.5 Å². The van der Waals surface area contributed by atoms with Gasteiger partial charge in [-0.05, 0) is 54.6 Å². The van der Waals surface area contributed by atoms with Crippen LogP contribution in [0.15, 0.2) is 77.7 Å². The number of ether oxygens (including phenoxy) is 2. The molecule has 0 aliphatic rings. The molecule has 0 atom stereocenters. The summed E-state index contributed by atoms with van der Waals surface area (Å²) < 4.78 is 37.8. The number of methoxy groups -OCH3 is 1. The molecule has 150 valence electrons. The Morgan fingerprint density at radius 1 is 0.897 bits per heavy atom. The Labute approximate surface area is 169 Å². The number of hydrogen-bond acceptors (Lipinski definition) is 6.